The Hall–Kier alpha value is -0.820. The molecule has 5 nitrogen and oxygen atoms in total. The van der Waals surface area contributed by atoms with Crippen LogP contribution in [-0.4, -0.2) is 39.4 Å². The summed E-state index contributed by atoms with van der Waals surface area (Å²) in [6.07, 6.45) is -1.88. The van der Waals surface area contributed by atoms with Crippen LogP contribution in [0, 0.1) is 0 Å². The van der Waals surface area contributed by atoms with Crippen LogP contribution >= 0.6 is 34.8 Å². The van der Waals surface area contributed by atoms with Crippen LogP contribution in [0.4, 0.5) is 0 Å². The monoisotopic (exact) mass is 377 g/mol. The van der Waals surface area contributed by atoms with Crippen LogP contribution in [0.1, 0.15) is 29.9 Å². The predicted octanol–water partition coefficient (Wildman–Crippen LogP) is 3.44. The van der Waals surface area contributed by atoms with E-state index in [1.165, 1.54) is 6.92 Å². The van der Waals surface area contributed by atoms with Crippen molar-refractivity contribution in [3.63, 3.8) is 0 Å². The van der Waals surface area contributed by atoms with Gasteiger partial charge in [0, 0.05) is 11.8 Å². The summed E-state index contributed by atoms with van der Waals surface area (Å²) in [6, 6.07) is 3.20. The summed E-state index contributed by atoms with van der Waals surface area (Å²) in [6.45, 7) is 1.11. The van der Waals surface area contributed by atoms with Crippen molar-refractivity contribution >= 4 is 51.5 Å². The lowest BCUT2D eigenvalue weighted by atomic mass is 10.1. The van der Waals surface area contributed by atoms with Crippen molar-refractivity contribution in [1.29, 1.82) is 0 Å². The highest BCUT2D eigenvalue weighted by atomic mass is 35.5. The molecule has 1 aromatic carbocycles. The average Bonchev–Trinajstić information content (AvgIpc) is 2.96. The lowest BCUT2D eigenvalue weighted by Gasteiger charge is -2.16. The van der Waals surface area contributed by atoms with Gasteiger partial charge in [-0.15, -0.1) is 0 Å². The van der Waals surface area contributed by atoms with E-state index in [9.17, 15) is 15.0 Å². The summed E-state index contributed by atoms with van der Waals surface area (Å²) >= 11 is 18.5. The first kappa shape index (κ1) is 17.0. The molecule has 0 radical (unpaired) electrons. The molecule has 0 aliphatic carbocycles. The highest BCUT2D eigenvalue weighted by Crippen LogP contribution is 2.41. The number of ether oxygens (including phenoxy) is 1. The minimum absolute atomic E-state index is 0.196. The SMILES string of the molecule is CC(=O)c1c(Cl)n([C@H]2CC(O)[C@@H](CO)O2)c2cc(Cl)c(Cl)cc12. The number of fused-ring (bicyclic) bond motifs is 1. The largest absolute Gasteiger partial charge is 0.394 e. The minimum Gasteiger partial charge on any atom is -0.394 e. The zero-order valence-electron chi connectivity index (χ0n) is 12.1. The molecular formula is C15H14Cl3NO4. The van der Waals surface area contributed by atoms with E-state index < -0.39 is 18.4 Å². The van der Waals surface area contributed by atoms with Crippen LogP contribution in [0.3, 0.4) is 0 Å². The Morgan fingerprint density at radius 2 is 2.00 bits per heavy atom. The van der Waals surface area contributed by atoms with Crippen molar-refractivity contribution in [3.8, 4) is 0 Å². The van der Waals surface area contributed by atoms with Gasteiger partial charge in [0.25, 0.3) is 0 Å². The second kappa shape index (κ2) is 6.24. The Kier molecular flexibility index (Phi) is 4.62. The van der Waals surface area contributed by atoms with E-state index in [2.05, 4.69) is 0 Å². The summed E-state index contributed by atoms with van der Waals surface area (Å²) in [7, 11) is 0. The van der Waals surface area contributed by atoms with Crippen LogP contribution in [0.2, 0.25) is 15.2 Å². The van der Waals surface area contributed by atoms with Gasteiger partial charge in [0.05, 0.1) is 33.8 Å². The Balaban J connectivity index is 2.23. The fourth-order valence-corrected chi connectivity index (χ4v) is 3.68. The molecule has 8 heteroatoms. The summed E-state index contributed by atoms with van der Waals surface area (Å²) in [4.78, 5) is 12.0. The van der Waals surface area contributed by atoms with Crippen molar-refractivity contribution < 1.29 is 19.7 Å². The van der Waals surface area contributed by atoms with Gasteiger partial charge >= 0.3 is 0 Å². The van der Waals surface area contributed by atoms with Gasteiger partial charge in [0.2, 0.25) is 0 Å². The summed E-state index contributed by atoms with van der Waals surface area (Å²) in [5, 5.41) is 20.6. The van der Waals surface area contributed by atoms with Crippen LogP contribution in [0.25, 0.3) is 10.9 Å². The van der Waals surface area contributed by atoms with Gasteiger partial charge in [-0.3, -0.25) is 4.79 Å². The molecule has 2 N–H and O–H groups in total. The molecule has 3 atom stereocenters. The minimum atomic E-state index is -0.818. The molecule has 1 aromatic heterocycles. The van der Waals surface area contributed by atoms with Gasteiger partial charge in [0.15, 0.2) is 5.78 Å². The molecule has 2 aromatic rings. The molecule has 1 aliphatic rings. The van der Waals surface area contributed by atoms with Crippen LogP contribution in [0.5, 0.6) is 0 Å². The highest BCUT2D eigenvalue weighted by Gasteiger charge is 2.37. The van der Waals surface area contributed by atoms with E-state index in [0.29, 0.717) is 26.5 Å². The van der Waals surface area contributed by atoms with Gasteiger partial charge < -0.3 is 19.5 Å². The van der Waals surface area contributed by atoms with Gasteiger partial charge in [0.1, 0.15) is 17.5 Å². The maximum Gasteiger partial charge on any atom is 0.163 e. The molecule has 1 saturated heterocycles. The molecule has 0 amide bonds. The number of carbonyl (C=O) groups excluding carboxylic acids is 1. The topological polar surface area (TPSA) is 71.7 Å². The quantitative estimate of drug-likeness (QED) is 0.803. The van der Waals surface area contributed by atoms with Crippen molar-refractivity contribution in [2.24, 2.45) is 0 Å². The Bertz CT molecular complexity index is 789. The first-order valence-electron chi connectivity index (χ1n) is 6.99. The van der Waals surface area contributed by atoms with Gasteiger partial charge in [-0.05, 0) is 19.1 Å². The molecule has 124 valence electrons. The molecule has 1 unspecified atom stereocenters. The second-order valence-electron chi connectivity index (χ2n) is 5.49. The number of hydrogen-bond donors (Lipinski definition) is 2. The zero-order chi connectivity index (χ0) is 16.9. The van der Waals surface area contributed by atoms with Gasteiger partial charge in [-0.25, -0.2) is 0 Å². The summed E-state index contributed by atoms with van der Waals surface area (Å²) in [5.41, 5.74) is 0.913. The number of carbonyl (C=O) groups is 1. The number of halogens is 3. The second-order valence-corrected chi connectivity index (χ2v) is 6.66. The first-order valence-corrected chi connectivity index (χ1v) is 8.12. The van der Waals surface area contributed by atoms with E-state index in [1.807, 2.05) is 0 Å². The van der Waals surface area contributed by atoms with Crippen molar-refractivity contribution in [1.82, 2.24) is 4.57 Å². The molecule has 1 fully saturated rings. The van der Waals surface area contributed by atoms with Crippen molar-refractivity contribution in [2.45, 2.75) is 31.8 Å². The lowest BCUT2D eigenvalue weighted by molar-refractivity contribution is -0.0428. The van der Waals surface area contributed by atoms with E-state index >= 15 is 0 Å². The average molecular weight is 379 g/mol. The Morgan fingerprint density at radius 3 is 2.57 bits per heavy atom. The maximum atomic E-state index is 12.0. The van der Waals surface area contributed by atoms with E-state index in [-0.39, 0.29) is 24.0 Å². The predicted molar refractivity (Wildman–Crippen MR) is 88.6 cm³/mol. The molecule has 0 spiro atoms. The Labute approximate surface area is 147 Å². The van der Waals surface area contributed by atoms with Gasteiger partial charge in [-0.2, -0.15) is 0 Å². The number of Topliss-reactive ketones (excluding diaryl/α,β-unsaturated/α-hetero) is 1. The van der Waals surface area contributed by atoms with Crippen LogP contribution in [-0.2, 0) is 4.74 Å². The number of nitrogens with zero attached hydrogens (tertiary/aromatic N) is 1. The third-order valence-corrected chi connectivity index (χ3v) is 5.10. The number of ketones is 1. The number of aliphatic hydroxyl groups excluding tert-OH is 2. The molecule has 2 heterocycles. The lowest BCUT2D eigenvalue weighted by Crippen LogP contribution is -2.24. The number of aliphatic hydroxyl groups is 2. The summed E-state index contributed by atoms with van der Waals surface area (Å²) in [5.74, 6) is -0.214. The molecule has 0 bridgehead atoms. The smallest absolute Gasteiger partial charge is 0.163 e. The molecule has 0 saturated carbocycles. The van der Waals surface area contributed by atoms with E-state index in [4.69, 9.17) is 39.5 Å². The van der Waals surface area contributed by atoms with Crippen molar-refractivity contribution in [3.05, 3.63) is 32.9 Å². The number of rotatable bonds is 3. The maximum absolute atomic E-state index is 12.0. The van der Waals surface area contributed by atoms with Gasteiger partial charge in [-0.1, -0.05) is 34.8 Å². The van der Waals surface area contributed by atoms with Crippen molar-refractivity contribution in [2.75, 3.05) is 6.61 Å². The number of benzene rings is 1. The first-order chi connectivity index (χ1) is 10.8. The fraction of sp³-hybridized carbons (Fsp3) is 0.400. The number of hydrogen-bond acceptors (Lipinski definition) is 4. The molecule has 3 rings (SSSR count). The standard InChI is InChI=1S/C15H14Cl3NO4/c1-6(21)14-7-2-8(16)9(17)3-10(7)19(15(14)18)13-4-11(22)12(5-20)23-13/h2-3,11-13,20,22H,4-5H2,1H3/t11?,12-,13-/m1/s1. The molecule has 23 heavy (non-hydrogen) atoms. The number of aromatic nitrogens is 1. The fourth-order valence-electron chi connectivity index (χ4n) is 2.93. The van der Waals surface area contributed by atoms with Crippen LogP contribution < -0.4 is 0 Å². The highest BCUT2D eigenvalue weighted by molar-refractivity contribution is 6.43. The third-order valence-electron chi connectivity index (χ3n) is 4.01. The normalized spacial score (nSPS) is 24.5. The Morgan fingerprint density at radius 1 is 1.35 bits per heavy atom. The molecular weight excluding hydrogens is 365 g/mol. The summed E-state index contributed by atoms with van der Waals surface area (Å²) < 4.78 is 7.26. The zero-order valence-corrected chi connectivity index (χ0v) is 14.4. The van der Waals surface area contributed by atoms with E-state index in [1.54, 1.807) is 16.7 Å². The molecule has 1 aliphatic heterocycles. The van der Waals surface area contributed by atoms with E-state index in [0.717, 1.165) is 0 Å². The third kappa shape index (κ3) is 2.76. The van der Waals surface area contributed by atoms with Crippen LogP contribution in [0.15, 0.2) is 12.1 Å².